The maximum absolute atomic E-state index is 5.89. The first-order valence-electron chi connectivity index (χ1n) is 6.17. The van der Waals surface area contributed by atoms with Crippen LogP contribution in [0, 0.1) is 0 Å². The summed E-state index contributed by atoms with van der Waals surface area (Å²) in [6.07, 6.45) is 1.93. The van der Waals surface area contributed by atoms with Crippen LogP contribution >= 0.6 is 11.9 Å². The standard InChI is InChI=1S/C13H20N4S/c1-18-15-13(14)17-9-7-16(8-10-17)11-12-5-3-2-4-6-12/h2-6H,7-11H2,1H3,(H2,14,15). The number of benzene rings is 1. The van der Waals surface area contributed by atoms with E-state index in [1.165, 1.54) is 17.5 Å². The average Bonchev–Trinajstić information content (AvgIpc) is 2.41. The van der Waals surface area contributed by atoms with Crippen LogP contribution in [0.2, 0.25) is 0 Å². The highest BCUT2D eigenvalue weighted by molar-refractivity contribution is 7.97. The molecule has 0 unspecified atom stereocenters. The molecule has 98 valence electrons. The molecule has 0 spiro atoms. The Balaban J connectivity index is 1.82. The van der Waals surface area contributed by atoms with Crippen LogP contribution in [0.15, 0.2) is 34.7 Å². The van der Waals surface area contributed by atoms with E-state index in [9.17, 15) is 0 Å². The van der Waals surface area contributed by atoms with Crippen LogP contribution in [0.4, 0.5) is 0 Å². The molecule has 0 bridgehead atoms. The molecule has 4 nitrogen and oxygen atoms in total. The van der Waals surface area contributed by atoms with Gasteiger partial charge >= 0.3 is 0 Å². The predicted molar refractivity (Wildman–Crippen MR) is 78.4 cm³/mol. The van der Waals surface area contributed by atoms with Gasteiger partial charge in [0, 0.05) is 39.0 Å². The maximum Gasteiger partial charge on any atom is 0.203 e. The van der Waals surface area contributed by atoms with Gasteiger partial charge < -0.3 is 10.6 Å². The molecule has 1 saturated heterocycles. The van der Waals surface area contributed by atoms with Gasteiger partial charge in [-0.2, -0.15) is 4.40 Å². The van der Waals surface area contributed by atoms with E-state index in [1.54, 1.807) is 0 Å². The number of hydrogen-bond acceptors (Lipinski definition) is 3. The monoisotopic (exact) mass is 264 g/mol. The van der Waals surface area contributed by atoms with Crippen molar-refractivity contribution in [2.24, 2.45) is 10.1 Å². The van der Waals surface area contributed by atoms with Crippen molar-refractivity contribution in [1.82, 2.24) is 9.80 Å². The van der Waals surface area contributed by atoms with Crippen LogP contribution < -0.4 is 5.73 Å². The summed E-state index contributed by atoms with van der Waals surface area (Å²) in [4.78, 5) is 4.61. The van der Waals surface area contributed by atoms with Crippen LogP contribution in [0.1, 0.15) is 5.56 Å². The van der Waals surface area contributed by atoms with E-state index < -0.39 is 0 Å². The summed E-state index contributed by atoms with van der Waals surface area (Å²) in [5, 5.41) is 0. The SMILES string of the molecule is CS/N=C(\N)N1CCN(Cc2ccccc2)CC1. The number of rotatable bonds is 3. The lowest BCUT2D eigenvalue weighted by atomic mass is 10.2. The van der Waals surface area contributed by atoms with Crippen molar-refractivity contribution >= 4 is 17.9 Å². The average molecular weight is 264 g/mol. The number of guanidine groups is 1. The normalized spacial score (nSPS) is 18.1. The Morgan fingerprint density at radius 2 is 1.89 bits per heavy atom. The second kappa shape index (κ2) is 6.66. The van der Waals surface area contributed by atoms with E-state index in [0.29, 0.717) is 5.96 Å². The van der Waals surface area contributed by atoms with Crippen molar-refractivity contribution in [3.63, 3.8) is 0 Å². The molecule has 0 amide bonds. The Morgan fingerprint density at radius 3 is 2.50 bits per heavy atom. The smallest absolute Gasteiger partial charge is 0.203 e. The Kier molecular flexibility index (Phi) is 4.90. The van der Waals surface area contributed by atoms with Crippen LogP contribution in [0.5, 0.6) is 0 Å². The fourth-order valence-corrected chi connectivity index (χ4v) is 2.43. The molecule has 2 rings (SSSR count). The quantitative estimate of drug-likeness (QED) is 0.509. The minimum absolute atomic E-state index is 0.655. The first-order chi connectivity index (χ1) is 8.79. The predicted octanol–water partition coefficient (Wildman–Crippen LogP) is 1.40. The lowest BCUT2D eigenvalue weighted by Gasteiger charge is -2.35. The maximum atomic E-state index is 5.89. The molecule has 1 aromatic carbocycles. The zero-order valence-electron chi connectivity index (χ0n) is 10.7. The molecule has 1 aliphatic heterocycles. The summed E-state index contributed by atoms with van der Waals surface area (Å²) in [6, 6.07) is 10.6. The lowest BCUT2D eigenvalue weighted by molar-refractivity contribution is 0.174. The Labute approximate surface area is 113 Å². The molecule has 0 aliphatic carbocycles. The van der Waals surface area contributed by atoms with Gasteiger partial charge in [-0.05, 0) is 17.5 Å². The number of piperazine rings is 1. The van der Waals surface area contributed by atoms with Gasteiger partial charge in [0.25, 0.3) is 0 Å². The second-order valence-corrected chi connectivity index (χ2v) is 4.93. The number of nitrogens with zero attached hydrogens (tertiary/aromatic N) is 3. The second-order valence-electron chi connectivity index (χ2n) is 4.38. The molecule has 1 aliphatic rings. The van der Waals surface area contributed by atoms with Gasteiger partial charge in [-0.3, -0.25) is 4.90 Å². The molecule has 1 fully saturated rings. The summed E-state index contributed by atoms with van der Waals surface area (Å²) >= 11 is 1.41. The Bertz CT molecular complexity index is 385. The topological polar surface area (TPSA) is 44.9 Å². The zero-order chi connectivity index (χ0) is 12.8. The van der Waals surface area contributed by atoms with Crippen molar-refractivity contribution < 1.29 is 0 Å². The molecule has 2 N–H and O–H groups in total. The van der Waals surface area contributed by atoms with Gasteiger partial charge in [0.15, 0.2) is 0 Å². The molecule has 1 heterocycles. The van der Waals surface area contributed by atoms with Crippen molar-refractivity contribution in [3.05, 3.63) is 35.9 Å². The van der Waals surface area contributed by atoms with Crippen molar-refractivity contribution in [2.75, 3.05) is 32.4 Å². The highest BCUT2D eigenvalue weighted by Crippen LogP contribution is 2.08. The van der Waals surface area contributed by atoms with Crippen molar-refractivity contribution in [2.45, 2.75) is 6.54 Å². The third-order valence-electron chi connectivity index (χ3n) is 3.13. The summed E-state index contributed by atoms with van der Waals surface area (Å²) in [5.41, 5.74) is 7.27. The highest BCUT2D eigenvalue weighted by atomic mass is 32.2. The van der Waals surface area contributed by atoms with Gasteiger partial charge in [-0.1, -0.05) is 30.3 Å². The highest BCUT2D eigenvalue weighted by Gasteiger charge is 2.18. The summed E-state index contributed by atoms with van der Waals surface area (Å²) < 4.78 is 4.18. The summed E-state index contributed by atoms with van der Waals surface area (Å²) in [7, 11) is 0. The lowest BCUT2D eigenvalue weighted by Crippen LogP contribution is -2.50. The Morgan fingerprint density at radius 1 is 1.22 bits per heavy atom. The molecule has 5 heteroatoms. The molecule has 0 aromatic heterocycles. The first-order valence-corrected chi connectivity index (χ1v) is 7.35. The van der Waals surface area contributed by atoms with E-state index in [4.69, 9.17) is 5.73 Å². The van der Waals surface area contributed by atoms with Gasteiger partial charge in [-0.15, -0.1) is 0 Å². The molecule has 1 aromatic rings. The van der Waals surface area contributed by atoms with E-state index in [-0.39, 0.29) is 0 Å². The van der Waals surface area contributed by atoms with Crippen LogP contribution in [0.25, 0.3) is 0 Å². The summed E-state index contributed by atoms with van der Waals surface area (Å²) in [6.45, 7) is 5.03. The molecule has 0 atom stereocenters. The molecule has 0 radical (unpaired) electrons. The third kappa shape index (κ3) is 3.65. The molecule has 18 heavy (non-hydrogen) atoms. The molecular formula is C13H20N4S. The van der Waals surface area contributed by atoms with Gasteiger partial charge in [-0.25, -0.2) is 0 Å². The van der Waals surface area contributed by atoms with Gasteiger partial charge in [0.05, 0.1) is 0 Å². The largest absolute Gasteiger partial charge is 0.369 e. The number of hydrogen-bond donors (Lipinski definition) is 1. The third-order valence-corrected chi connectivity index (χ3v) is 3.50. The van der Waals surface area contributed by atoms with Crippen LogP contribution in [-0.4, -0.2) is 48.2 Å². The minimum Gasteiger partial charge on any atom is -0.369 e. The van der Waals surface area contributed by atoms with Gasteiger partial charge in [0.1, 0.15) is 0 Å². The Hall–Kier alpha value is -1.20. The van der Waals surface area contributed by atoms with Crippen LogP contribution in [-0.2, 0) is 6.54 Å². The molecule has 0 saturated carbocycles. The van der Waals surface area contributed by atoms with E-state index in [2.05, 4.69) is 44.5 Å². The van der Waals surface area contributed by atoms with Crippen LogP contribution in [0.3, 0.4) is 0 Å². The van der Waals surface area contributed by atoms with Crippen molar-refractivity contribution in [1.29, 1.82) is 0 Å². The van der Waals surface area contributed by atoms with Crippen molar-refractivity contribution in [3.8, 4) is 0 Å². The van der Waals surface area contributed by atoms with E-state index in [0.717, 1.165) is 32.7 Å². The summed E-state index contributed by atoms with van der Waals surface area (Å²) in [5.74, 6) is 0.655. The number of nitrogens with two attached hydrogens (primary N) is 1. The van der Waals surface area contributed by atoms with E-state index in [1.807, 2.05) is 6.26 Å². The first kappa shape index (κ1) is 13.2. The fourth-order valence-electron chi connectivity index (χ4n) is 2.13. The minimum atomic E-state index is 0.655. The molecular weight excluding hydrogens is 244 g/mol. The fraction of sp³-hybridized carbons (Fsp3) is 0.462. The van der Waals surface area contributed by atoms with E-state index >= 15 is 0 Å². The zero-order valence-corrected chi connectivity index (χ0v) is 11.6. The van der Waals surface area contributed by atoms with Gasteiger partial charge in [0.2, 0.25) is 5.96 Å².